The summed E-state index contributed by atoms with van der Waals surface area (Å²) in [5, 5.41) is 4.61. The number of hydrogen-bond acceptors (Lipinski definition) is 3. The summed E-state index contributed by atoms with van der Waals surface area (Å²) in [6.45, 7) is 8.49. The highest BCUT2D eigenvalue weighted by molar-refractivity contribution is 7.92. The Morgan fingerprint density at radius 3 is 2.18 bits per heavy atom. The Bertz CT molecular complexity index is 1030. The van der Waals surface area contributed by atoms with E-state index >= 15 is 0 Å². The lowest BCUT2D eigenvalue weighted by Crippen LogP contribution is -2.20. The van der Waals surface area contributed by atoms with Crippen molar-refractivity contribution in [2.45, 2.75) is 51.0 Å². The maximum Gasteiger partial charge on any atom is 0.265 e. The molecule has 1 aromatic heterocycles. The van der Waals surface area contributed by atoms with Crippen LogP contribution in [0.3, 0.4) is 0 Å². The molecule has 6 heteroatoms. The van der Waals surface area contributed by atoms with Gasteiger partial charge in [-0.1, -0.05) is 70.2 Å². The average molecular weight is 398 g/mol. The number of aryl methyl sites for hydroxylation is 1. The van der Waals surface area contributed by atoms with Crippen LogP contribution in [0.4, 0.5) is 5.69 Å². The lowest BCUT2D eigenvalue weighted by atomic mass is 9.92. The number of rotatable bonds is 6. The van der Waals surface area contributed by atoms with E-state index in [-0.39, 0.29) is 4.90 Å². The molecular formula is C22H27N3O2S. The van der Waals surface area contributed by atoms with Crippen molar-refractivity contribution in [1.29, 1.82) is 0 Å². The lowest BCUT2D eigenvalue weighted by molar-refractivity contribution is 0.533. The lowest BCUT2D eigenvalue weighted by Gasteiger charge is -2.18. The molecule has 0 radical (unpaired) electrons. The van der Waals surface area contributed by atoms with Gasteiger partial charge in [-0.2, -0.15) is 5.10 Å². The maximum atomic E-state index is 13.1. The molecule has 0 fully saturated rings. The summed E-state index contributed by atoms with van der Waals surface area (Å²) in [4.78, 5) is 0.218. The Morgan fingerprint density at radius 1 is 0.964 bits per heavy atom. The van der Waals surface area contributed by atoms with Gasteiger partial charge in [0.25, 0.3) is 10.0 Å². The van der Waals surface area contributed by atoms with Crippen LogP contribution in [0.25, 0.3) is 0 Å². The topological polar surface area (TPSA) is 64.0 Å². The van der Waals surface area contributed by atoms with Gasteiger partial charge in [0.15, 0.2) is 0 Å². The molecule has 1 heterocycles. The molecule has 0 spiro atoms. The number of nitrogens with one attached hydrogen (secondary N) is 1. The highest BCUT2D eigenvalue weighted by Crippen LogP contribution is 2.29. The van der Waals surface area contributed by atoms with Crippen molar-refractivity contribution in [3.05, 3.63) is 77.6 Å². The molecule has 0 bridgehead atoms. The number of benzene rings is 2. The van der Waals surface area contributed by atoms with Gasteiger partial charge >= 0.3 is 0 Å². The van der Waals surface area contributed by atoms with Gasteiger partial charge in [-0.15, -0.1) is 0 Å². The summed E-state index contributed by atoms with van der Waals surface area (Å²) < 4.78 is 30.6. The summed E-state index contributed by atoms with van der Waals surface area (Å²) in [5.41, 5.74) is 2.93. The molecule has 28 heavy (non-hydrogen) atoms. The van der Waals surface area contributed by atoms with Crippen LogP contribution in [-0.4, -0.2) is 18.2 Å². The minimum Gasteiger partial charge on any atom is -0.280 e. The van der Waals surface area contributed by atoms with Gasteiger partial charge in [-0.05, 0) is 29.7 Å². The predicted octanol–water partition coefficient (Wildman–Crippen LogP) is 4.59. The normalized spacial score (nSPS) is 12.1. The Labute approximate surface area is 167 Å². The summed E-state index contributed by atoms with van der Waals surface area (Å²) in [7, 11) is -3.75. The third-order valence-electron chi connectivity index (χ3n) is 4.53. The van der Waals surface area contributed by atoms with Crippen molar-refractivity contribution >= 4 is 15.7 Å². The van der Waals surface area contributed by atoms with Crippen molar-refractivity contribution in [3.8, 4) is 0 Å². The van der Waals surface area contributed by atoms with E-state index in [1.54, 1.807) is 23.0 Å². The number of anilines is 1. The summed E-state index contributed by atoms with van der Waals surface area (Å²) in [6, 6.07) is 17.3. The number of sulfonamides is 1. The molecule has 0 amide bonds. The smallest absolute Gasteiger partial charge is 0.265 e. The van der Waals surface area contributed by atoms with E-state index in [0.29, 0.717) is 17.9 Å². The minimum atomic E-state index is -3.75. The van der Waals surface area contributed by atoms with Gasteiger partial charge < -0.3 is 0 Å². The van der Waals surface area contributed by atoms with Gasteiger partial charge in [0.05, 0.1) is 12.2 Å². The third-order valence-corrected chi connectivity index (χ3v) is 5.91. The summed E-state index contributed by atoms with van der Waals surface area (Å²) in [6.07, 6.45) is 2.53. The minimum absolute atomic E-state index is 0.218. The van der Waals surface area contributed by atoms with Crippen LogP contribution in [0.1, 0.15) is 44.5 Å². The van der Waals surface area contributed by atoms with E-state index in [0.717, 1.165) is 17.5 Å². The molecule has 0 aliphatic heterocycles. The third kappa shape index (κ3) is 4.62. The molecule has 0 aliphatic carbocycles. The van der Waals surface area contributed by atoms with Crippen LogP contribution in [0.2, 0.25) is 0 Å². The Morgan fingerprint density at radius 2 is 1.61 bits per heavy atom. The first kappa shape index (κ1) is 20.1. The largest absolute Gasteiger partial charge is 0.280 e. The molecule has 3 aromatic rings. The van der Waals surface area contributed by atoms with Gasteiger partial charge in [-0.25, -0.2) is 8.42 Å². The van der Waals surface area contributed by atoms with Gasteiger partial charge in [0.2, 0.25) is 0 Å². The second-order valence-corrected chi connectivity index (χ2v) is 9.58. The molecule has 0 saturated carbocycles. The molecule has 3 rings (SSSR count). The SMILES string of the molecule is CCc1ccc(NS(=O)(=O)c2cn(Cc3ccccc3)nc2C(C)(C)C)cc1. The fraction of sp³-hybridized carbons (Fsp3) is 0.318. The molecule has 0 atom stereocenters. The first-order valence-electron chi connectivity index (χ1n) is 9.42. The summed E-state index contributed by atoms with van der Waals surface area (Å²) in [5.74, 6) is 0. The van der Waals surface area contributed by atoms with Crippen LogP contribution in [0.5, 0.6) is 0 Å². The Kier molecular flexibility index (Phi) is 5.61. The zero-order chi connectivity index (χ0) is 20.4. The first-order valence-corrected chi connectivity index (χ1v) is 10.9. The molecule has 1 N–H and O–H groups in total. The number of hydrogen-bond donors (Lipinski definition) is 1. The fourth-order valence-corrected chi connectivity index (χ4v) is 4.41. The molecule has 0 unspecified atom stereocenters. The van der Waals surface area contributed by atoms with Crippen molar-refractivity contribution < 1.29 is 8.42 Å². The van der Waals surface area contributed by atoms with E-state index in [1.165, 1.54) is 0 Å². The first-order chi connectivity index (χ1) is 13.2. The fourth-order valence-electron chi connectivity index (χ4n) is 2.99. The highest BCUT2D eigenvalue weighted by atomic mass is 32.2. The van der Waals surface area contributed by atoms with Crippen LogP contribution >= 0.6 is 0 Å². The van der Waals surface area contributed by atoms with E-state index in [9.17, 15) is 8.42 Å². The van der Waals surface area contributed by atoms with Gasteiger partial charge in [0, 0.05) is 17.3 Å². The molecule has 0 saturated heterocycles. The zero-order valence-electron chi connectivity index (χ0n) is 16.8. The predicted molar refractivity (Wildman–Crippen MR) is 113 cm³/mol. The van der Waals surface area contributed by atoms with Crippen LogP contribution in [0.15, 0.2) is 65.7 Å². The molecule has 0 aliphatic rings. The van der Waals surface area contributed by atoms with E-state index in [2.05, 4.69) is 16.7 Å². The molecule has 2 aromatic carbocycles. The second kappa shape index (κ2) is 7.80. The van der Waals surface area contributed by atoms with Crippen LogP contribution in [0, 0.1) is 0 Å². The zero-order valence-corrected chi connectivity index (χ0v) is 17.6. The Hall–Kier alpha value is -2.60. The van der Waals surface area contributed by atoms with E-state index in [1.807, 2.05) is 63.2 Å². The number of nitrogens with zero attached hydrogens (tertiary/aromatic N) is 2. The molecule has 148 valence electrons. The number of aromatic nitrogens is 2. The van der Waals surface area contributed by atoms with Crippen LogP contribution < -0.4 is 4.72 Å². The monoisotopic (exact) mass is 397 g/mol. The van der Waals surface area contributed by atoms with E-state index in [4.69, 9.17) is 0 Å². The maximum absolute atomic E-state index is 13.1. The molecule has 5 nitrogen and oxygen atoms in total. The van der Waals surface area contributed by atoms with Gasteiger partial charge in [-0.3, -0.25) is 9.40 Å². The van der Waals surface area contributed by atoms with Crippen molar-refractivity contribution in [1.82, 2.24) is 9.78 Å². The van der Waals surface area contributed by atoms with E-state index < -0.39 is 15.4 Å². The standard InChI is InChI=1S/C22H27N3O2S/c1-5-17-11-13-19(14-12-17)24-28(26,27)20-16-25(23-21(20)22(2,3)4)15-18-9-7-6-8-10-18/h6-14,16,24H,5,15H2,1-4H3. The highest BCUT2D eigenvalue weighted by Gasteiger charge is 2.30. The van der Waals surface area contributed by atoms with Crippen molar-refractivity contribution in [3.63, 3.8) is 0 Å². The Balaban J connectivity index is 1.95. The quantitative estimate of drug-likeness (QED) is 0.661. The van der Waals surface area contributed by atoms with Crippen LogP contribution in [-0.2, 0) is 28.4 Å². The second-order valence-electron chi connectivity index (χ2n) is 7.93. The molecular weight excluding hydrogens is 370 g/mol. The van der Waals surface area contributed by atoms with Crippen molar-refractivity contribution in [2.24, 2.45) is 0 Å². The van der Waals surface area contributed by atoms with Crippen molar-refractivity contribution in [2.75, 3.05) is 4.72 Å². The summed E-state index contributed by atoms with van der Waals surface area (Å²) >= 11 is 0. The van der Waals surface area contributed by atoms with Gasteiger partial charge in [0.1, 0.15) is 4.90 Å². The average Bonchev–Trinajstić information content (AvgIpc) is 3.08.